The fraction of sp³-hybridized carbons (Fsp3) is 0.308. The van der Waals surface area contributed by atoms with Crippen LogP contribution in [0.3, 0.4) is 0 Å². The van der Waals surface area contributed by atoms with Gasteiger partial charge in [-0.05, 0) is 48.7 Å². The highest BCUT2D eigenvalue weighted by Gasteiger charge is 2.22. The van der Waals surface area contributed by atoms with Crippen molar-refractivity contribution < 1.29 is 4.74 Å². The van der Waals surface area contributed by atoms with Gasteiger partial charge >= 0.3 is 0 Å². The molecule has 6 heteroatoms. The number of pyridine rings is 1. The van der Waals surface area contributed by atoms with Crippen LogP contribution in [-0.2, 0) is 0 Å². The molecule has 1 saturated carbocycles. The van der Waals surface area contributed by atoms with Gasteiger partial charge in [0.15, 0.2) is 0 Å². The molecule has 0 unspecified atom stereocenters. The van der Waals surface area contributed by atoms with E-state index in [9.17, 15) is 0 Å². The van der Waals surface area contributed by atoms with Gasteiger partial charge in [0.1, 0.15) is 16.4 Å². The first kappa shape index (κ1) is 12.2. The molecule has 0 saturated heterocycles. The quantitative estimate of drug-likeness (QED) is 0.844. The fourth-order valence-electron chi connectivity index (χ4n) is 1.53. The van der Waals surface area contributed by atoms with Crippen molar-refractivity contribution >= 4 is 17.4 Å². The molecule has 2 heterocycles. The van der Waals surface area contributed by atoms with E-state index in [-0.39, 0.29) is 0 Å². The van der Waals surface area contributed by atoms with Crippen molar-refractivity contribution in [3.8, 4) is 5.88 Å². The van der Waals surface area contributed by atoms with E-state index in [0.717, 1.165) is 10.1 Å². The standard InChI is InChI=1S/C13H14N4OS/c14-10-3-4-12(19-11-5-6-15-8-16-11)17-13(10)18-7-9-1-2-9/h3-6,8-9H,1-2,7,14H2. The maximum atomic E-state index is 5.87. The molecule has 98 valence electrons. The van der Waals surface area contributed by atoms with Gasteiger partial charge < -0.3 is 10.5 Å². The number of nitrogens with zero attached hydrogens (tertiary/aromatic N) is 3. The molecule has 0 atom stereocenters. The van der Waals surface area contributed by atoms with Gasteiger partial charge in [-0.15, -0.1) is 0 Å². The van der Waals surface area contributed by atoms with Crippen LogP contribution in [0, 0.1) is 5.92 Å². The monoisotopic (exact) mass is 274 g/mol. The summed E-state index contributed by atoms with van der Waals surface area (Å²) in [6.45, 7) is 0.707. The van der Waals surface area contributed by atoms with Crippen molar-refractivity contribution in [3.05, 3.63) is 30.7 Å². The van der Waals surface area contributed by atoms with Gasteiger partial charge in [0.05, 0.1) is 12.3 Å². The van der Waals surface area contributed by atoms with E-state index < -0.39 is 0 Å². The molecule has 3 rings (SSSR count). The number of rotatable bonds is 5. The van der Waals surface area contributed by atoms with Crippen LogP contribution in [0.25, 0.3) is 0 Å². The smallest absolute Gasteiger partial charge is 0.238 e. The molecule has 2 N–H and O–H groups in total. The van der Waals surface area contributed by atoms with E-state index in [1.54, 1.807) is 6.20 Å². The SMILES string of the molecule is Nc1ccc(Sc2ccncn2)nc1OCC1CC1. The highest BCUT2D eigenvalue weighted by molar-refractivity contribution is 7.99. The third kappa shape index (κ3) is 3.35. The molecule has 0 spiro atoms. The number of aromatic nitrogens is 3. The summed E-state index contributed by atoms with van der Waals surface area (Å²) in [6.07, 6.45) is 5.71. The summed E-state index contributed by atoms with van der Waals surface area (Å²) in [6, 6.07) is 5.53. The molecule has 2 aromatic heterocycles. The van der Waals surface area contributed by atoms with Gasteiger partial charge in [0.25, 0.3) is 0 Å². The summed E-state index contributed by atoms with van der Waals surface area (Å²) in [5.74, 6) is 1.20. The Hall–Kier alpha value is -1.82. The van der Waals surface area contributed by atoms with Crippen LogP contribution >= 0.6 is 11.8 Å². The zero-order valence-corrected chi connectivity index (χ0v) is 11.1. The highest BCUT2D eigenvalue weighted by atomic mass is 32.2. The summed E-state index contributed by atoms with van der Waals surface area (Å²) < 4.78 is 5.66. The lowest BCUT2D eigenvalue weighted by Gasteiger charge is -2.08. The molecule has 0 aromatic carbocycles. The van der Waals surface area contributed by atoms with E-state index in [4.69, 9.17) is 10.5 Å². The van der Waals surface area contributed by atoms with Crippen molar-refractivity contribution in [2.75, 3.05) is 12.3 Å². The highest BCUT2D eigenvalue weighted by Crippen LogP contribution is 2.32. The van der Waals surface area contributed by atoms with Gasteiger partial charge in [0.2, 0.25) is 5.88 Å². The molecule has 0 aliphatic heterocycles. The van der Waals surface area contributed by atoms with Crippen LogP contribution < -0.4 is 10.5 Å². The maximum absolute atomic E-state index is 5.87. The Morgan fingerprint density at radius 1 is 1.26 bits per heavy atom. The van der Waals surface area contributed by atoms with E-state index in [1.165, 1.54) is 30.9 Å². The summed E-state index contributed by atoms with van der Waals surface area (Å²) in [4.78, 5) is 12.5. The molecular formula is C13H14N4OS. The van der Waals surface area contributed by atoms with Crippen LogP contribution in [0.1, 0.15) is 12.8 Å². The third-order valence-corrected chi connectivity index (χ3v) is 3.67. The van der Waals surface area contributed by atoms with Crippen molar-refractivity contribution in [2.24, 2.45) is 5.92 Å². The first-order chi connectivity index (χ1) is 9.31. The molecule has 1 fully saturated rings. The lowest BCUT2D eigenvalue weighted by Crippen LogP contribution is -2.04. The van der Waals surface area contributed by atoms with Crippen LogP contribution in [0.2, 0.25) is 0 Å². The minimum absolute atomic E-state index is 0.519. The van der Waals surface area contributed by atoms with Crippen molar-refractivity contribution in [2.45, 2.75) is 22.9 Å². The van der Waals surface area contributed by atoms with E-state index in [2.05, 4.69) is 15.0 Å². The van der Waals surface area contributed by atoms with Gasteiger partial charge in [-0.1, -0.05) is 0 Å². The Balaban J connectivity index is 1.72. The normalized spacial score (nSPS) is 14.3. The molecular weight excluding hydrogens is 260 g/mol. The number of hydrogen-bond donors (Lipinski definition) is 1. The van der Waals surface area contributed by atoms with E-state index in [1.807, 2.05) is 18.2 Å². The second-order valence-electron chi connectivity index (χ2n) is 4.45. The van der Waals surface area contributed by atoms with E-state index >= 15 is 0 Å². The fourth-order valence-corrected chi connectivity index (χ4v) is 2.24. The Morgan fingerprint density at radius 2 is 2.16 bits per heavy atom. The average Bonchev–Trinajstić information content (AvgIpc) is 3.25. The van der Waals surface area contributed by atoms with Crippen LogP contribution in [0.5, 0.6) is 5.88 Å². The minimum Gasteiger partial charge on any atom is -0.476 e. The molecule has 5 nitrogen and oxygen atoms in total. The molecule has 1 aliphatic carbocycles. The number of ether oxygens (including phenoxy) is 1. The zero-order chi connectivity index (χ0) is 13.1. The van der Waals surface area contributed by atoms with Gasteiger partial charge in [0, 0.05) is 6.20 Å². The molecule has 1 aliphatic rings. The lowest BCUT2D eigenvalue weighted by atomic mass is 10.4. The average molecular weight is 274 g/mol. The minimum atomic E-state index is 0.519. The zero-order valence-electron chi connectivity index (χ0n) is 10.3. The summed E-state index contributed by atoms with van der Waals surface area (Å²) in [5, 5.41) is 1.67. The molecule has 0 bridgehead atoms. The Labute approximate surface area is 115 Å². The Kier molecular flexibility index (Phi) is 3.50. The van der Waals surface area contributed by atoms with Crippen LogP contribution in [-0.4, -0.2) is 21.6 Å². The molecule has 19 heavy (non-hydrogen) atoms. The largest absolute Gasteiger partial charge is 0.476 e. The second-order valence-corrected chi connectivity index (χ2v) is 5.49. The summed E-state index contributed by atoms with van der Waals surface area (Å²) >= 11 is 1.46. The van der Waals surface area contributed by atoms with Crippen molar-refractivity contribution in [1.29, 1.82) is 0 Å². The van der Waals surface area contributed by atoms with Gasteiger partial charge in [-0.25, -0.2) is 15.0 Å². The van der Waals surface area contributed by atoms with Crippen LogP contribution in [0.15, 0.2) is 40.8 Å². The van der Waals surface area contributed by atoms with E-state index in [0.29, 0.717) is 24.1 Å². The first-order valence-electron chi connectivity index (χ1n) is 6.14. The predicted octanol–water partition coefficient (Wildman–Crippen LogP) is 2.39. The molecule has 0 radical (unpaired) electrons. The topological polar surface area (TPSA) is 73.9 Å². The number of nitrogens with two attached hydrogens (primary N) is 1. The van der Waals surface area contributed by atoms with Crippen LogP contribution in [0.4, 0.5) is 5.69 Å². The number of nitrogen functional groups attached to an aromatic ring is 1. The third-order valence-electron chi connectivity index (χ3n) is 2.78. The van der Waals surface area contributed by atoms with Crippen molar-refractivity contribution in [3.63, 3.8) is 0 Å². The first-order valence-corrected chi connectivity index (χ1v) is 6.96. The number of hydrogen-bond acceptors (Lipinski definition) is 6. The van der Waals surface area contributed by atoms with Crippen molar-refractivity contribution in [1.82, 2.24) is 15.0 Å². The Morgan fingerprint density at radius 3 is 2.89 bits per heavy atom. The summed E-state index contributed by atoms with van der Waals surface area (Å²) in [7, 11) is 0. The molecule has 0 amide bonds. The predicted molar refractivity (Wildman–Crippen MR) is 73.0 cm³/mol. The lowest BCUT2D eigenvalue weighted by molar-refractivity contribution is 0.288. The Bertz CT molecular complexity index is 560. The second kappa shape index (κ2) is 5.44. The molecule has 2 aromatic rings. The summed E-state index contributed by atoms with van der Waals surface area (Å²) in [5.41, 5.74) is 6.44. The maximum Gasteiger partial charge on any atom is 0.238 e. The van der Waals surface area contributed by atoms with Gasteiger partial charge in [-0.3, -0.25) is 0 Å². The number of anilines is 1. The van der Waals surface area contributed by atoms with Gasteiger partial charge in [-0.2, -0.15) is 0 Å².